The summed E-state index contributed by atoms with van der Waals surface area (Å²) in [4.78, 5) is 32.6. The maximum atomic E-state index is 13.9. The third-order valence-corrected chi connectivity index (χ3v) is 7.09. The number of thiazole rings is 1. The second-order valence-electron chi connectivity index (χ2n) is 8.66. The van der Waals surface area contributed by atoms with E-state index in [1.165, 1.54) is 23.1 Å². The predicted octanol–water partition coefficient (Wildman–Crippen LogP) is 6.25. The van der Waals surface area contributed by atoms with Gasteiger partial charge in [-0.3, -0.25) is 14.5 Å². The molecule has 3 aromatic carbocycles. The molecule has 1 fully saturated rings. The molecule has 0 aliphatic carbocycles. The zero-order chi connectivity index (χ0) is 26.8. The van der Waals surface area contributed by atoms with Gasteiger partial charge in [-0.1, -0.05) is 42.5 Å². The van der Waals surface area contributed by atoms with Crippen molar-refractivity contribution >= 4 is 44.1 Å². The quantitative estimate of drug-likeness (QED) is 0.164. The number of ether oxygens (including phenoxy) is 2. The first-order chi connectivity index (χ1) is 18.4. The Balaban J connectivity index is 1.66. The van der Waals surface area contributed by atoms with Crippen LogP contribution in [0.1, 0.15) is 37.4 Å². The van der Waals surface area contributed by atoms with Crippen molar-refractivity contribution in [1.82, 2.24) is 4.98 Å². The molecular weight excluding hydrogens is 507 g/mol. The van der Waals surface area contributed by atoms with Crippen molar-refractivity contribution in [2.45, 2.75) is 26.3 Å². The van der Waals surface area contributed by atoms with Gasteiger partial charge in [0.1, 0.15) is 23.1 Å². The normalized spacial score (nSPS) is 16.8. The molecule has 7 nitrogen and oxygen atoms in total. The number of hydrogen-bond acceptors (Lipinski definition) is 7. The highest BCUT2D eigenvalue weighted by atomic mass is 32.1. The minimum absolute atomic E-state index is 0.0720. The molecule has 5 rings (SSSR count). The van der Waals surface area contributed by atoms with E-state index >= 15 is 0 Å². The minimum Gasteiger partial charge on any atom is -0.507 e. The van der Waals surface area contributed by atoms with Gasteiger partial charge in [0.25, 0.3) is 5.78 Å². The topological polar surface area (TPSA) is 89.0 Å². The van der Waals surface area contributed by atoms with Crippen molar-refractivity contribution in [2.75, 3.05) is 18.1 Å². The van der Waals surface area contributed by atoms with Crippen LogP contribution in [-0.4, -0.2) is 35.0 Å². The molecule has 1 amide bonds. The summed E-state index contributed by atoms with van der Waals surface area (Å²) in [5.74, 6) is -1.25. The molecule has 1 saturated heterocycles. The van der Waals surface area contributed by atoms with Crippen LogP contribution in [0.25, 0.3) is 16.0 Å². The van der Waals surface area contributed by atoms with Gasteiger partial charge < -0.3 is 14.6 Å². The smallest absolute Gasteiger partial charge is 0.301 e. The van der Waals surface area contributed by atoms with Crippen LogP contribution in [0.2, 0.25) is 0 Å². The number of Topliss-reactive ketones (excluding diaryl/α,β-unsaturated/α-hetero) is 1. The highest BCUT2D eigenvalue weighted by Gasteiger charge is 2.48. The van der Waals surface area contributed by atoms with E-state index in [-0.39, 0.29) is 16.5 Å². The maximum absolute atomic E-state index is 13.9. The molecule has 1 aliphatic rings. The van der Waals surface area contributed by atoms with Crippen molar-refractivity contribution in [3.05, 3.63) is 89.2 Å². The van der Waals surface area contributed by atoms with E-state index < -0.39 is 23.5 Å². The molecule has 38 heavy (non-hydrogen) atoms. The molecule has 1 N–H and O–H groups in total. The molecule has 0 spiro atoms. The van der Waals surface area contributed by atoms with Gasteiger partial charge in [0.2, 0.25) is 0 Å². The lowest BCUT2D eigenvalue weighted by atomic mass is 9.95. The number of nitrogens with zero attached hydrogens (tertiary/aromatic N) is 2. The van der Waals surface area contributed by atoms with Gasteiger partial charge in [0, 0.05) is 5.56 Å². The number of aliphatic hydroxyl groups excluding tert-OH is 1. The lowest BCUT2D eigenvalue weighted by molar-refractivity contribution is -0.132. The van der Waals surface area contributed by atoms with Crippen LogP contribution in [0.3, 0.4) is 0 Å². The second kappa shape index (κ2) is 10.6. The fourth-order valence-electron chi connectivity index (χ4n) is 4.36. The number of aliphatic hydroxyl groups is 1. The Kier molecular flexibility index (Phi) is 7.11. The summed E-state index contributed by atoms with van der Waals surface area (Å²) in [6, 6.07) is 16.9. The third-order valence-electron chi connectivity index (χ3n) is 6.08. The number of amides is 1. The monoisotopic (exact) mass is 532 g/mol. The molecule has 0 saturated carbocycles. The number of ketones is 1. The first-order valence-corrected chi connectivity index (χ1v) is 13.1. The van der Waals surface area contributed by atoms with Crippen LogP contribution in [0, 0.1) is 5.82 Å². The summed E-state index contributed by atoms with van der Waals surface area (Å²) < 4.78 is 25.6. The van der Waals surface area contributed by atoms with Crippen molar-refractivity contribution < 1.29 is 28.6 Å². The Hall–Kier alpha value is -4.24. The Labute approximate surface area is 222 Å². The van der Waals surface area contributed by atoms with Gasteiger partial charge >= 0.3 is 5.91 Å². The summed E-state index contributed by atoms with van der Waals surface area (Å²) >= 11 is 1.10. The molecular formula is C29H25FN2O5S. The summed E-state index contributed by atoms with van der Waals surface area (Å²) in [6.45, 7) is 4.84. The van der Waals surface area contributed by atoms with Crippen molar-refractivity contribution in [1.29, 1.82) is 0 Å². The molecule has 1 atom stereocenters. The Morgan fingerprint density at radius 3 is 2.55 bits per heavy atom. The van der Waals surface area contributed by atoms with Crippen LogP contribution >= 0.6 is 11.3 Å². The lowest BCUT2D eigenvalue weighted by Gasteiger charge is -2.23. The molecule has 194 valence electrons. The highest BCUT2D eigenvalue weighted by Crippen LogP contribution is 2.44. The molecule has 1 unspecified atom stereocenters. The average Bonchev–Trinajstić information content (AvgIpc) is 3.45. The first-order valence-electron chi connectivity index (χ1n) is 12.2. The second-order valence-corrected chi connectivity index (χ2v) is 9.67. The standard InChI is InChI=1S/C29H25FN2O5S/c1-3-14-37-21-7-5-6-18(15-21)26(33)24-25(17-8-11-20(12-9-17)36-4-2)32(28(35)27(24)34)29-31-22-13-10-19(30)16-23(22)38-29/h5-13,15-16,25,33H,3-4,14H2,1-2H3/b26-24+. The zero-order valence-electron chi connectivity index (χ0n) is 20.8. The van der Waals surface area contributed by atoms with E-state index in [2.05, 4.69) is 4.98 Å². The van der Waals surface area contributed by atoms with Crippen molar-refractivity contribution in [3.8, 4) is 11.5 Å². The van der Waals surface area contributed by atoms with E-state index in [4.69, 9.17) is 9.47 Å². The number of carbonyl (C=O) groups excluding carboxylic acids is 2. The van der Waals surface area contributed by atoms with Gasteiger partial charge in [-0.25, -0.2) is 9.37 Å². The maximum Gasteiger partial charge on any atom is 0.301 e. The number of hydrogen-bond donors (Lipinski definition) is 1. The van der Waals surface area contributed by atoms with Crippen LogP contribution in [-0.2, 0) is 9.59 Å². The van der Waals surface area contributed by atoms with Crippen molar-refractivity contribution in [3.63, 3.8) is 0 Å². The van der Waals surface area contributed by atoms with Gasteiger partial charge in [-0.05, 0) is 61.4 Å². The van der Waals surface area contributed by atoms with Gasteiger partial charge in [-0.15, -0.1) is 0 Å². The SMILES string of the molecule is CCCOc1cccc(/C(O)=C2\C(=O)C(=O)N(c3nc4ccc(F)cc4s3)C2c2ccc(OCC)cc2)c1. The van der Waals surface area contributed by atoms with E-state index in [1.807, 2.05) is 13.8 Å². The third kappa shape index (κ3) is 4.72. The van der Waals surface area contributed by atoms with Crippen LogP contribution < -0.4 is 14.4 Å². The lowest BCUT2D eigenvalue weighted by Crippen LogP contribution is -2.29. The summed E-state index contributed by atoms with van der Waals surface area (Å²) in [5, 5.41) is 11.6. The fourth-order valence-corrected chi connectivity index (χ4v) is 5.37. The summed E-state index contributed by atoms with van der Waals surface area (Å²) in [7, 11) is 0. The van der Waals surface area contributed by atoms with Crippen LogP contribution in [0.4, 0.5) is 9.52 Å². The van der Waals surface area contributed by atoms with Crippen molar-refractivity contribution in [2.24, 2.45) is 0 Å². The highest BCUT2D eigenvalue weighted by molar-refractivity contribution is 7.22. The van der Waals surface area contributed by atoms with Gasteiger partial charge in [0.05, 0.1) is 35.0 Å². The number of aromatic nitrogens is 1. The zero-order valence-corrected chi connectivity index (χ0v) is 21.6. The predicted molar refractivity (Wildman–Crippen MR) is 144 cm³/mol. The first kappa shape index (κ1) is 25.4. The average molecular weight is 533 g/mol. The molecule has 1 aromatic heterocycles. The number of benzene rings is 3. The number of halogens is 1. The molecule has 0 bridgehead atoms. The molecule has 2 heterocycles. The van der Waals surface area contributed by atoms with Gasteiger partial charge in [-0.2, -0.15) is 0 Å². The van der Waals surface area contributed by atoms with E-state index in [9.17, 15) is 19.1 Å². The summed E-state index contributed by atoms with van der Waals surface area (Å²) in [6.07, 6.45) is 0.811. The van der Waals surface area contributed by atoms with Gasteiger partial charge in [0.15, 0.2) is 5.13 Å². The Morgan fingerprint density at radius 2 is 1.82 bits per heavy atom. The molecule has 0 radical (unpaired) electrons. The molecule has 1 aliphatic heterocycles. The number of anilines is 1. The summed E-state index contributed by atoms with van der Waals surface area (Å²) in [5.41, 5.74) is 1.36. The molecule has 4 aromatic rings. The van der Waals surface area contributed by atoms with Crippen LogP contribution in [0.15, 0.2) is 72.3 Å². The fraction of sp³-hybridized carbons (Fsp3) is 0.207. The number of carbonyl (C=O) groups is 2. The molecule has 9 heteroatoms. The van der Waals surface area contributed by atoms with E-state index in [0.717, 1.165) is 17.8 Å². The van der Waals surface area contributed by atoms with E-state index in [1.54, 1.807) is 48.5 Å². The number of rotatable bonds is 8. The number of fused-ring (bicyclic) bond motifs is 1. The minimum atomic E-state index is -0.962. The largest absolute Gasteiger partial charge is 0.507 e. The Bertz CT molecular complexity index is 1550. The Morgan fingerprint density at radius 1 is 1.03 bits per heavy atom. The van der Waals surface area contributed by atoms with E-state index in [0.29, 0.717) is 46.1 Å². The van der Waals surface area contributed by atoms with Crippen LogP contribution in [0.5, 0.6) is 11.5 Å².